The Morgan fingerprint density at radius 3 is 2.56 bits per heavy atom. The van der Waals surface area contributed by atoms with Gasteiger partial charge in [0, 0.05) is 53.9 Å². The molecule has 2 aromatic heterocycles. The molecule has 15 heteroatoms. The van der Waals surface area contributed by atoms with Crippen molar-refractivity contribution < 1.29 is 19.2 Å². The van der Waals surface area contributed by atoms with E-state index in [9.17, 15) is 19.2 Å². The Labute approximate surface area is 330 Å². The molecule has 3 aliphatic rings. The highest BCUT2D eigenvalue weighted by Crippen LogP contribution is 2.33. The molecule has 5 heterocycles. The molecule has 294 valence electrons. The third-order valence-corrected chi connectivity index (χ3v) is 10.9. The van der Waals surface area contributed by atoms with Gasteiger partial charge in [-0.05, 0) is 93.6 Å². The van der Waals surface area contributed by atoms with E-state index in [-0.39, 0.29) is 18.4 Å². The Morgan fingerprint density at radius 2 is 1.79 bits per heavy atom. The van der Waals surface area contributed by atoms with Crippen LogP contribution in [0.25, 0.3) is 16.6 Å². The first-order valence-electron chi connectivity index (χ1n) is 19.7. The molecule has 2 aromatic carbocycles. The molecule has 4 aromatic rings. The van der Waals surface area contributed by atoms with Gasteiger partial charge in [-0.15, -0.1) is 0 Å². The number of carbonyl (C=O) groups is 4. The summed E-state index contributed by atoms with van der Waals surface area (Å²) in [6, 6.07) is 16.7. The maximum Gasteiger partial charge on any atom is 0.264 e. The fraction of sp³-hybridized carbons (Fsp3) is 0.381. The van der Waals surface area contributed by atoms with Gasteiger partial charge in [0.15, 0.2) is 0 Å². The van der Waals surface area contributed by atoms with Crippen molar-refractivity contribution in [2.24, 2.45) is 10.7 Å². The molecule has 0 aliphatic carbocycles. The first-order chi connectivity index (χ1) is 27.8. The van der Waals surface area contributed by atoms with Gasteiger partial charge in [-0.3, -0.25) is 34.4 Å². The monoisotopic (exact) mass is 769 g/mol. The number of unbranched alkanes of at least 4 members (excludes halogenated alkanes) is 3. The number of carbonyl (C=O) groups excluding carboxylic acids is 4. The molecular formula is C42H47N11O4. The average molecular weight is 770 g/mol. The zero-order valence-electron chi connectivity index (χ0n) is 31.8. The van der Waals surface area contributed by atoms with Crippen molar-refractivity contribution in [3.05, 3.63) is 83.3 Å². The van der Waals surface area contributed by atoms with Crippen LogP contribution >= 0.6 is 0 Å². The minimum absolute atomic E-state index is 0.0910. The molecule has 4 amide bonds. The predicted octanol–water partition coefficient (Wildman–Crippen LogP) is 5.24. The Hall–Kier alpha value is -6.40. The molecule has 57 heavy (non-hydrogen) atoms. The number of imide groups is 2. The first kappa shape index (κ1) is 38.9. The van der Waals surface area contributed by atoms with Gasteiger partial charge in [-0.2, -0.15) is 10.2 Å². The standard InChI is InChI=1S/C42H47N11O4/c43-18-6-19-45-26-29(25-44)37-32-15-21-47-38(32)51-42(50-37)48-30-11-9-27(10-12-30)28-16-23-52(24-17-28)22-4-2-1-3-20-46-33-8-5-7-31-36(33)41(57)53(40(31)56)34-13-14-35(54)49-39(34)55/h5,7-12,15,21,25-26,28,34,46H,1-4,6,13-14,16-17,19-20,22-24,44H2,(H,49,54,55)(H2,47,48,50,51)/b29-25+,45-26?. The van der Waals surface area contributed by atoms with Crippen molar-refractivity contribution in [3.63, 3.8) is 0 Å². The molecule has 2 saturated heterocycles. The number of H-pyrrole nitrogens is 1. The summed E-state index contributed by atoms with van der Waals surface area (Å²) in [6.45, 7) is 4.26. The maximum atomic E-state index is 13.3. The number of nitrogens with two attached hydrogens (primary N) is 1. The minimum Gasteiger partial charge on any atom is -0.404 e. The summed E-state index contributed by atoms with van der Waals surface area (Å²) < 4.78 is 0. The number of hydrogen-bond donors (Lipinski definition) is 5. The predicted molar refractivity (Wildman–Crippen MR) is 218 cm³/mol. The number of aliphatic imine (C=N–C) groups is 1. The fourth-order valence-corrected chi connectivity index (χ4v) is 7.83. The van der Waals surface area contributed by atoms with Gasteiger partial charge in [0.05, 0.1) is 35.9 Å². The number of rotatable bonds is 16. The smallest absolute Gasteiger partial charge is 0.264 e. The van der Waals surface area contributed by atoms with Crippen molar-refractivity contribution in [2.45, 2.75) is 69.7 Å². The molecule has 6 N–H and O–H groups in total. The van der Waals surface area contributed by atoms with E-state index in [1.165, 1.54) is 11.8 Å². The number of aromatic amines is 1. The molecular weight excluding hydrogens is 723 g/mol. The van der Waals surface area contributed by atoms with Crippen molar-refractivity contribution >= 4 is 63.8 Å². The Balaban J connectivity index is 0.824. The quantitative estimate of drug-likeness (QED) is 0.0565. The second-order valence-electron chi connectivity index (χ2n) is 14.6. The second kappa shape index (κ2) is 18.0. The molecule has 0 spiro atoms. The van der Waals surface area contributed by atoms with Gasteiger partial charge in [-0.1, -0.05) is 31.0 Å². The van der Waals surface area contributed by atoms with Crippen LogP contribution in [-0.4, -0.2) is 93.4 Å². The number of aromatic nitrogens is 3. The van der Waals surface area contributed by atoms with Gasteiger partial charge >= 0.3 is 0 Å². The zero-order chi connectivity index (χ0) is 39.7. The number of amides is 4. The van der Waals surface area contributed by atoms with E-state index in [1.807, 2.05) is 12.3 Å². The number of allylic oxidation sites excluding steroid dienone is 1. The third-order valence-electron chi connectivity index (χ3n) is 10.9. The topological polar surface area (TPSA) is 215 Å². The summed E-state index contributed by atoms with van der Waals surface area (Å²) in [5, 5.41) is 18.6. The number of piperidine rings is 2. The fourth-order valence-electron chi connectivity index (χ4n) is 7.83. The van der Waals surface area contributed by atoms with E-state index in [4.69, 9.17) is 16.0 Å². The molecule has 0 saturated carbocycles. The zero-order valence-corrected chi connectivity index (χ0v) is 31.8. The molecule has 3 aliphatic heterocycles. The summed E-state index contributed by atoms with van der Waals surface area (Å²) in [5.74, 6) is -1.05. The highest BCUT2D eigenvalue weighted by Gasteiger charge is 2.45. The Bertz CT molecular complexity index is 2230. The van der Waals surface area contributed by atoms with Gasteiger partial charge in [-0.25, -0.2) is 4.98 Å². The van der Waals surface area contributed by atoms with Crippen molar-refractivity contribution in [1.29, 1.82) is 5.26 Å². The number of nitrogens with one attached hydrogen (secondary N) is 4. The van der Waals surface area contributed by atoms with Crippen LogP contribution in [0.4, 0.5) is 17.3 Å². The lowest BCUT2D eigenvalue weighted by atomic mass is 9.89. The third kappa shape index (κ3) is 8.86. The van der Waals surface area contributed by atoms with Crippen molar-refractivity contribution in [1.82, 2.24) is 30.1 Å². The first-order valence-corrected chi connectivity index (χ1v) is 19.7. The van der Waals surface area contributed by atoms with Crippen LogP contribution in [-0.2, 0) is 9.59 Å². The number of nitrogens with zero attached hydrogens (tertiary/aromatic N) is 6. The molecule has 15 nitrogen and oxygen atoms in total. The highest BCUT2D eigenvalue weighted by molar-refractivity contribution is 6.25. The molecule has 0 bridgehead atoms. The van der Waals surface area contributed by atoms with Crippen LogP contribution in [0, 0.1) is 11.3 Å². The lowest BCUT2D eigenvalue weighted by Gasteiger charge is -2.32. The maximum absolute atomic E-state index is 13.3. The SMILES string of the molecule is N#CCCN=C/C(=C\N)c1nc(Nc2ccc(C3CCN(CCCCCCNc4cccc5c4C(=O)N(C4CCC(=O)NC4=O)C5=O)CC3)cc2)nc2[nH]ccc12. The number of benzene rings is 2. The van der Waals surface area contributed by atoms with Crippen LogP contribution in [0.1, 0.15) is 95.7 Å². The number of hydrogen-bond acceptors (Lipinski definition) is 12. The van der Waals surface area contributed by atoms with Gasteiger partial charge in [0.25, 0.3) is 11.8 Å². The largest absolute Gasteiger partial charge is 0.404 e. The number of anilines is 3. The number of likely N-dealkylation sites (tertiary alicyclic amines) is 1. The van der Waals surface area contributed by atoms with E-state index in [0.29, 0.717) is 59.5 Å². The van der Waals surface area contributed by atoms with E-state index >= 15 is 0 Å². The Kier molecular flexibility index (Phi) is 12.3. The Morgan fingerprint density at radius 1 is 0.982 bits per heavy atom. The summed E-state index contributed by atoms with van der Waals surface area (Å²) in [7, 11) is 0. The van der Waals surface area contributed by atoms with Crippen LogP contribution in [0.3, 0.4) is 0 Å². The molecule has 1 atom stereocenters. The summed E-state index contributed by atoms with van der Waals surface area (Å²) in [5.41, 5.74) is 11.3. The van der Waals surface area contributed by atoms with Crippen LogP contribution in [0.2, 0.25) is 0 Å². The molecule has 2 fully saturated rings. The second-order valence-corrected chi connectivity index (χ2v) is 14.6. The van der Waals surface area contributed by atoms with E-state index in [2.05, 4.69) is 66.1 Å². The summed E-state index contributed by atoms with van der Waals surface area (Å²) in [6.07, 6.45) is 11.9. The van der Waals surface area contributed by atoms with Gasteiger partial charge in [0.1, 0.15) is 11.7 Å². The summed E-state index contributed by atoms with van der Waals surface area (Å²) >= 11 is 0. The van der Waals surface area contributed by atoms with E-state index in [1.54, 1.807) is 24.4 Å². The van der Waals surface area contributed by atoms with Crippen LogP contribution < -0.4 is 21.7 Å². The normalized spacial score (nSPS) is 18.0. The van der Waals surface area contributed by atoms with Crippen LogP contribution in [0.15, 0.2) is 65.9 Å². The van der Waals surface area contributed by atoms with Gasteiger partial charge < -0.3 is 26.3 Å². The lowest BCUT2D eigenvalue weighted by molar-refractivity contribution is -0.136. The van der Waals surface area contributed by atoms with Crippen molar-refractivity contribution in [3.8, 4) is 6.07 Å². The number of nitriles is 1. The minimum atomic E-state index is -0.976. The van der Waals surface area contributed by atoms with Crippen LogP contribution in [0.5, 0.6) is 0 Å². The van der Waals surface area contributed by atoms with E-state index < -0.39 is 29.7 Å². The highest BCUT2D eigenvalue weighted by atomic mass is 16.2. The van der Waals surface area contributed by atoms with E-state index in [0.717, 1.165) is 74.1 Å². The molecule has 0 radical (unpaired) electrons. The lowest BCUT2D eigenvalue weighted by Crippen LogP contribution is -2.54. The summed E-state index contributed by atoms with van der Waals surface area (Å²) in [4.78, 5) is 70.9. The van der Waals surface area contributed by atoms with Gasteiger partial charge in [0.2, 0.25) is 17.8 Å². The van der Waals surface area contributed by atoms with Crippen molar-refractivity contribution in [2.75, 3.05) is 43.4 Å². The molecule has 7 rings (SSSR count). The average Bonchev–Trinajstić information content (AvgIpc) is 3.80. The molecule has 1 unspecified atom stereocenters. The number of fused-ring (bicyclic) bond motifs is 2.